The van der Waals surface area contributed by atoms with Gasteiger partial charge < -0.3 is 47.9 Å². The Kier molecular flexibility index (Phi) is 19.3. The largest absolute Gasteiger partial charge is 0.491 e. The van der Waals surface area contributed by atoms with Crippen LogP contribution in [0.5, 0.6) is 5.75 Å². The van der Waals surface area contributed by atoms with Crippen molar-refractivity contribution in [1.82, 2.24) is 29.9 Å². The van der Waals surface area contributed by atoms with E-state index in [0.29, 0.717) is 70.4 Å². The summed E-state index contributed by atoms with van der Waals surface area (Å²) in [5.74, 6) is 0.915. The number of carbonyl (C=O) groups is 3. The van der Waals surface area contributed by atoms with Gasteiger partial charge in [-0.05, 0) is 113 Å². The van der Waals surface area contributed by atoms with E-state index in [4.69, 9.17) is 27.4 Å². The predicted molar refractivity (Wildman–Crippen MR) is 247 cm³/mol. The highest BCUT2D eigenvalue weighted by molar-refractivity contribution is 14.1. The fourth-order valence-corrected chi connectivity index (χ4v) is 9.37. The van der Waals surface area contributed by atoms with Crippen molar-refractivity contribution >= 4 is 46.6 Å². The van der Waals surface area contributed by atoms with Crippen molar-refractivity contribution in [3.05, 3.63) is 64.6 Å². The van der Waals surface area contributed by atoms with Crippen LogP contribution in [0.15, 0.2) is 36.4 Å². The maximum atomic E-state index is 12.6. The van der Waals surface area contributed by atoms with E-state index in [1.807, 2.05) is 65.8 Å². The number of pyridine rings is 1. The minimum absolute atomic E-state index is 0.00131. The summed E-state index contributed by atoms with van der Waals surface area (Å²) >= 11 is 1.81. The first kappa shape index (κ1) is 48.6. The standard InChI is InChI=1S/C46H66IN7O9/c1-32-21-33(2)54(51-32)39-22-36(37(24-45(58)59)28-52-16-13-34(27-52)9-11-38-12-10-35-7-6-15-49-46(35)50-38)23-42(26-39)62-20-19-60-17-18-61-31-43(56)48-14-5-3-4-8-44(57)53-29-41(55)25-40(53)30-63-47/h10,12,21-23,26,34,37,40-41,55H,3-9,11,13-20,24-25,27-31H2,1-2H3,(H,48,56)(H,49,50)(H,58,59)/t34-,37-,40+,41-/m1/s1. The SMILES string of the molecule is Cc1cc(C)n(-c2cc(OCCOCCOCC(=O)NCCCCCC(=O)N3C[C@H](O)C[C@H]3COI)cc([C@H](CC(=O)O)CN3CC[C@@H](CCc4ccc5c(n4)NCCC5)C3)c2)n1. The number of aliphatic hydroxyl groups is 1. The van der Waals surface area contributed by atoms with Crippen molar-refractivity contribution in [3.63, 3.8) is 0 Å². The van der Waals surface area contributed by atoms with Crippen molar-refractivity contribution in [2.24, 2.45) is 5.92 Å². The molecule has 5 heterocycles. The summed E-state index contributed by atoms with van der Waals surface area (Å²) in [5.41, 5.74) is 5.99. The van der Waals surface area contributed by atoms with Crippen LogP contribution in [-0.4, -0.2) is 144 Å². The van der Waals surface area contributed by atoms with Gasteiger partial charge in [-0.1, -0.05) is 12.5 Å². The molecule has 3 aliphatic heterocycles. The Morgan fingerprint density at radius 1 is 1.03 bits per heavy atom. The third-order valence-corrected chi connectivity index (χ3v) is 12.5. The zero-order chi connectivity index (χ0) is 44.6. The number of aliphatic carboxylic acids is 1. The van der Waals surface area contributed by atoms with Crippen LogP contribution in [0.3, 0.4) is 0 Å². The quantitative estimate of drug-likeness (QED) is 0.0610. The number of likely N-dealkylation sites (tertiary alicyclic amines) is 2. The fourth-order valence-electron chi connectivity index (χ4n) is 8.95. The number of fused-ring (bicyclic) bond motifs is 1. The highest BCUT2D eigenvalue weighted by Gasteiger charge is 2.34. The number of aliphatic hydroxyl groups excluding tert-OH is 1. The minimum Gasteiger partial charge on any atom is -0.491 e. The molecule has 6 rings (SSSR count). The first-order valence-electron chi connectivity index (χ1n) is 22.7. The maximum absolute atomic E-state index is 12.6. The zero-order valence-electron chi connectivity index (χ0n) is 36.9. The number of ether oxygens (including phenoxy) is 3. The molecule has 4 N–H and O–H groups in total. The Balaban J connectivity index is 0.906. The lowest BCUT2D eigenvalue weighted by atomic mass is 9.94. The lowest BCUT2D eigenvalue weighted by Crippen LogP contribution is -2.38. The van der Waals surface area contributed by atoms with Crippen LogP contribution >= 0.6 is 23.0 Å². The van der Waals surface area contributed by atoms with E-state index in [-0.39, 0.29) is 50.0 Å². The maximum Gasteiger partial charge on any atom is 0.304 e. The number of nitrogens with one attached hydrogen (secondary N) is 2. The number of aromatic nitrogens is 3. The molecule has 4 atom stereocenters. The number of carboxylic acid groups (broad SMARTS) is 1. The molecule has 2 amide bonds. The molecule has 0 radical (unpaired) electrons. The molecule has 17 heteroatoms. The van der Waals surface area contributed by atoms with Gasteiger partial charge in [0.2, 0.25) is 11.8 Å². The Labute approximate surface area is 385 Å². The smallest absolute Gasteiger partial charge is 0.304 e. The number of carboxylic acids is 1. The molecule has 3 aromatic rings. The number of carbonyl (C=O) groups excluding carboxylic acids is 2. The Morgan fingerprint density at radius 2 is 1.87 bits per heavy atom. The second-order valence-corrected chi connectivity index (χ2v) is 17.8. The van der Waals surface area contributed by atoms with Crippen LogP contribution in [0.2, 0.25) is 0 Å². The summed E-state index contributed by atoms with van der Waals surface area (Å²) in [4.78, 5) is 46.1. The number of hydrogen-bond acceptors (Lipinski definition) is 12. The first-order valence-corrected chi connectivity index (χ1v) is 23.5. The van der Waals surface area contributed by atoms with Crippen LogP contribution in [0.25, 0.3) is 5.69 Å². The van der Waals surface area contributed by atoms with Gasteiger partial charge >= 0.3 is 5.97 Å². The zero-order valence-corrected chi connectivity index (χ0v) is 39.1. The first-order chi connectivity index (χ1) is 30.5. The number of rotatable bonds is 26. The van der Waals surface area contributed by atoms with Gasteiger partial charge in [-0.3, -0.25) is 14.4 Å². The highest BCUT2D eigenvalue weighted by atomic mass is 127. The molecular weight excluding hydrogens is 921 g/mol. The molecule has 2 fully saturated rings. The van der Waals surface area contributed by atoms with Crippen molar-refractivity contribution in [2.45, 2.75) is 103 Å². The minimum atomic E-state index is -0.840. The lowest BCUT2D eigenvalue weighted by molar-refractivity contribution is -0.137. The van der Waals surface area contributed by atoms with Crippen LogP contribution in [0.1, 0.15) is 91.9 Å². The molecule has 0 bridgehead atoms. The molecular formula is C46H66IN7O9. The summed E-state index contributed by atoms with van der Waals surface area (Å²) < 4.78 is 24.5. The van der Waals surface area contributed by atoms with Crippen LogP contribution in [0, 0.1) is 19.8 Å². The van der Waals surface area contributed by atoms with E-state index in [0.717, 1.165) is 98.7 Å². The third-order valence-electron chi connectivity index (χ3n) is 12.1. The van der Waals surface area contributed by atoms with Gasteiger partial charge in [0.25, 0.3) is 0 Å². The molecule has 1 aromatic carbocycles. The number of unbranched alkanes of at least 4 members (excludes halogenated alkanes) is 2. The van der Waals surface area contributed by atoms with Crippen molar-refractivity contribution in [1.29, 1.82) is 0 Å². The number of amides is 2. The van der Waals surface area contributed by atoms with E-state index in [9.17, 15) is 24.6 Å². The third kappa shape index (κ3) is 15.4. The van der Waals surface area contributed by atoms with Crippen LogP contribution in [-0.2, 0) is 39.8 Å². The normalized spacial score (nSPS) is 19.2. The average molecular weight is 988 g/mol. The number of hydrogen-bond donors (Lipinski definition) is 4. The van der Waals surface area contributed by atoms with E-state index in [1.54, 1.807) is 4.90 Å². The van der Waals surface area contributed by atoms with Crippen molar-refractivity contribution in [3.8, 4) is 11.4 Å². The molecule has 2 saturated heterocycles. The Bertz CT molecular complexity index is 1950. The Hall–Kier alpha value is -3.88. The molecule has 16 nitrogen and oxygen atoms in total. The van der Waals surface area contributed by atoms with Gasteiger partial charge in [0.05, 0.1) is 56.4 Å². The number of aryl methyl sites for hydroxylation is 4. The lowest BCUT2D eigenvalue weighted by Gasteiger charge is -2.24. The van der Waals surface area contributed by atoms with E-state index in [1.165, 1.54) is 5.56 Å². The predicted octanol–water partition coefficient (Wildman–Crippen LogP) is 5.17. The number of benzene rings is 1. The van der Waals surface area contributed by atoms with Gasteiger partial charge in [-0.15, -0.1) is 0 Å². The van der Waals surface area contributed by atoms with E-state index < -0.39 is 12.1 Å². The molecule has 2 aromatic heterocycles. The number of anilines is 1. The Morgan fingerprint density at radius 3 is 2.68 bits per heavy atom. The molecule has 346 valence electrons. The summed E-state index contributed by atoms with van der Waals surface area (Å²) in [6, 6.07) is 12.2. The van der Waals surface area contributed by atoms with Crippen molar-refractivity contribution in [2.75, 3.05) is 84.2 Å². The molecule has 0 saturated carbocycles. The monoisotopic (exact) mass is 987 g/mol. The van der Waals surface area contributed by atoms with Gasteiger partial charge in [0.1, 0.15) is 47.8 Å². The molecule has 0 unspecified atom stereocenters. The van der Waals surface area contributed by atoms with E-state index >= 15 is 0 Å². The summed E-state index contributed by atoms with van der Waals surface area (Å²) in [6.07, 6.45) is 8.01. The molecule has 0 spiro atoms. The fraction of sp³-hybridized carbons (Fsp3) is 0.630. The summed E-state index contributed by atoms with van der Waals surface area (Å²) in [6.45, 7) is 9.73. The van der Waals surface area contributed by atoms with Gasteiger partial charge in [0, 0.05) is 62.5 Å². The summed E-state index contributed by atoms with van der Waals surface area (Å²) in [5, 5.41) is 31.0. The van der Waals surface area contributed by atoms with Gasteiger partial charge in [0.15, 0.2) is 0 Å². The van der Waals surface area contributed by atoms with E-state index in [2.05, 4.69) is 27.7 Å². The van der Waals surface area contributed by atoms with Gasteiger partial charge in [-0.2, -0.15) is 5.10 Å². The highest BCUT2D eigenvalue weighted by Crippen LogP contribution is 2.32. The number of β-amino-alcohol motifs (C(OH)–C–C–N with tert-alkyl or cyclic N) is 1. The second kappa shape index (κ2) is 25.0. The average Bonchev–Trinajstić information content (AvgIpc) is 3.98. The number of nitrogens with zero attached hydrogens (tertiary/aromatic N) is 5. The molecule has 63 heavy (non-hydrogen) atoms. The summed E-state index contributed by atoms with van der Waals surface area (Å²) in [7, 11) is 0. The van der Waals surface area contributed by atoms with Crippen LogP contribution in [0.4, 0.5) is 5.82 Å². The second-order valence-electron chi connectivity index (χ2n) is 17.2. The molecule has 0 aliphatic carbocycles. The van der Waals surface area contributed by atoms with Crippen molar-refractivity contribution < 1.29 is 41.9 Å². The number of halogens is 1. The van der Waals surface area contributed by atoms with Gasteiger partial charge in [-0.25, -0.2) is 9.67 Å². The topological polar surface area (TPSA) is 190 Å². The van der Waals surface area contributed by atoms with Crippen LogP contribution < -0.4 is 15.4 Å². The molecule has 3 aliphatic rings.